The number of nitriles is 1. The summed E-state index contributed by atoms with van der Waals surface area (Å²) in [5.74, 6) is 0.892. The molecule has 1 amide bonds. The summed E-state index contributed by atoms with van der Waals surface area (Å²) in [6.07, 6.45) is 4.10. The largest absolute Gasteiger partial charge is 0.355 e. The molecule has 0 bridgehead atoms. The van der Waals surface area contributed by atoms with Crippen molar-refractivity contribution in [3.8, 4) is 6.07 Å². The predicted molar refractivity (Wildman–Crippen MR) is 79.8 cm³/mol. The van der Waals surface area contributed by atoms with Crippen LogP contribution in [0.25, 0.3) is 0 Å². The lowest BCUT2D eigenvalue weighted by Crippen LogP contribution is -2.44. The highest BCUT2D eigenvalue weighted by Gasteiger charge is 2.31. The van der Waals surface area contributed by atoms with E-state index in [0.29, 0.717) is 18.2 Å². The summed E-state index contributed by atoms with van der Waals surface area (Å²) in [7, 11) is 0. The molecule has 1 aromatic rings. The van der Waals surface area contributed by atoms with Crippen LogP contribution in [0.4, 0.5) is 5.82 Å². The van der Waals surface area contributed by atoms with Crippen molar-refractivity contribution in [1.82, 2.24) is 10.3 Å². The Morgan fingerprint density at radius 2 is 2.24 bits per heavy atom. The van der Waals surface area contributed by atoms with E-state index in [0.717, 1.165) is 43.7 Å². The molecule has 1 N–H and O–H groups in total. The first-order valence-electron chi connectivity index (χ1n) is 7.60. The summed E-state index contributed by atoms with van der Waals surface area (Å²) in [6, 6.07) is 6.27. The Bertz CT molecular complexity index is 588. The zero-order chi connectivity index (χ0) is 14.8. The van der Waals surface area contributed by atoms with Gasteiger partial charge in [-0.3, -0.25) is 4.79 Å². The topological polar surface area (TPSA) is 69.0 Å². The van der Waals surface area contributed by atoms with E-state index in [1.807, 2.05) is 19.1 Å². The van der Waals surface area contributed by atoms with Gasteiger partial charge in [0.15, 0.2) is 0 Å². The van der Waals surface area contributed by atoms with Gasteiger partial charge in [-0.15, -0.1) is 0 Å². The fraction of sp³-hybridized carbons (Fsp3) is 0.562. The van der Waals surface area contributed by atoms with E-state index >= 15 is 0 Å². The number of pyridine rings is 1. The van der Waals surface area contributed by atoms with Crippen LogP contribution in [0.5, 0.6) is 0 Å². The summed E-state index contributed by atoms with van der Waals surface area (Å²) in [5, 5.41) is 12.3. The van der Waals surface area contributed by atoms with Gasteiger partial charge >= 0.3 is 0 Å². The highest BCUT2D eigenvalue weighted by molar-refractivity contribution is 5.80. The Morgan fingerprint density at radius 3 is 2.95 bits per heavy atom. The minimum absolute atomic E-state index is 0.00760. The van der Waals surface area contributed by atoms with E-state index in [2.05, 4.69) is 21.3 Å². The number of piperidine rings is 1. The summed E-state index contributed by atoms with van der Waals surface area (Å²) in [4.78, 5) is 18.8. The van der Waals surface area contributed by atoms with Gasteiger partial charge in [-0.05, 0) is 44.7 Å². The zero-order valence-electron chi connectivity index (χ0n) is 12.3. The molecule has 0 aromatic carbocycles. The lowest BCUT2D eigenvalue weighted by molar-refractivity contribution is -0.125. The quantitative estimate of drug-likeness (QED) is 0.918. The smallest absolute Gasteiger partial charge is 0.225 e. The van der Waals surface area contributed by atoms with Gasteiger partial charge in [0.05, 0.1) is 11.5 Å². The number of anilines is 1. The van der Waals surface area contributed by atoms with Gasteiger partial charge in [-0.1, -0.05) is 0 Å². The van der Waals surface area contributed by atoms with Gasteiger partial charge in [-0.2, -0.15) is 5.26 Å². The molecule has 1 saturated heterocycles. The molecule has 1 aliphatic carbocycles. The maximum Gasteiger partial charge on any atom is 0.225 e. The maximum absolute atomic E-state index is 12.2. The van der Waals surface area contributed by atoms with Crippen molar-refractivity contribution in [3.63, 3.8) is 0 Å². The Balaban J connectivity index is 1.75. The van der Waals surface area contributed by atoms with Crippen molar-refractivity contribution in [3.05, 3.63) is 23.4 Å². The molecule has 2 fully saturated rings. The van der Waals surface area contributed by atoms with E-state index in [9.17, 15) is 10.1 Å². The van der Waals surface area contributed by atoms with E-state index in [4.69, 9.17) is 0 Å². The standard InChI is InChI=1S/C16H20N4O/c1-11-4-5-12(9-17)15(18-11)20-8-2-3-13(10-20)16(21)19-14-6-7-14/h4-5,13-14H,2-3,6-8,10H2,1H3,(H,19,21). The monoisotopic (exact) mass is 284 g/mol. The number of carbonyl (C=O) groups is 1. The highest BCUT2D eigenvalue weighted by atomic mass is 16.2. The third-order valence-electron chi connectivity index (χ3n) is 4.15. The van der Waals surface area contributed by atoms with Crippen LogP contribution < -0.4 is 10.2 Å². The molecule has 0 radical (unpaired) electrons. The van der Waals surface area contributed by atoms with Gasteiger partial charge in [-0.25, -0.2) is 4.98 Å². The average molecular weight is 284 g/mol. The number of hydrogen-bond donors (Lipinski definition) is 1. The van der Waals surface area contributed by atoms with Crippen molar-refractivity contribution in [2.24, 2.45) is 5.92 Å². The van der Waals surface area contributed by atoms with Crippen molar-refractivity contribution >= 4 is 11.7 Å². The van der Waals surface area contributed by atoms with Gasteiger partial charge in [0.2, 0.25) is 5.91 Å². The van der Waals surface area contributed by atoms with Crippen LogP contribution in [-0.2, 0) is 4.79 Å². The molecular weight excluding hydrogens is 264 g/mol. The minimum atomic E-state index is 0.00760. The number of hydrogen-bond acceptors (Lipinski definition) is 4. The third-order valence-corrected chi connectivity index (χ3v) is 4.15. The number of rotatable bonds is 3. The first kappa shape index (κ1) is 13.9. The van der Waals surface area contributed by atoms with Gasteiger partial charge in [0, 0.05) is 24.8 Å². The molecule has 0 spiro atoms. The molecule has 1 saturated carbocycles. The second-order valence-corrected chi connectivity index (χ2v) is 6.00. The van der Waals surface area contributed by atoms with Gasteiger partial charge in [0.1, 0.15) is 11.9 Å². The first-order chi connectivity index (χ1) is 10.2. The normalized spacial score (nSPS) is 21.7. The van der Waals surface area contributed by atoms with Crippen LogP contribution in [0.15, 0.2) is 12.1 Å². The maximum atomic E-state index is 12.2. The molecule has 21 heavy (non-hydrogen) atoms. The lowest BCUT2D eigenvalue weighted by atomic mass is 9.96. The molecule has 2 aliphatic rings. The summed E-state index contributed by atoms with van der Waals surface area (Å²) < 4.78 is 0. The molecule has 1 aliphatic heterocycles. The Hall–Kier alpha value is -2.09. The highest BCUT2D eigenvalue weighted by Crippen LogP contribution is 2.26. The molecule has 1 unspecified atom stereocenters. The summed E-state index contributed by atoms with van der Waals surface area (Å²) in [6.45, 7) is 3.44. The predicted octanol–water partition coefficient (Wildman–Crippen LogP) is 1.76. The van der Waals surface area contributed by atoms with E-state index in [1.165, 1.54) is 0 Å². The molecule has 110 valence electrons. The fourth-order valence-corrected chi connectivity index (χ4v) is 2.80. The molecule has 3 rings (SSSR count). The number of nitrogens with one attached hydrogen (secondary N) is 1. The van der Waals surface area contributed by atoms with Gasteiger partial charge < -0.3 is 10.2 Å². The summed E-state index contributed by atoms with van der Waals surface area (Å²) in [5.41, 5.74) is 1.48. The van der Waals surface area contributed by atoms with Crippen LogP contribution in [0.3, 0.4) is 0 Å². The summed E-state index contributed by atoms with van der Waals surface area (Å²) >= 11 is 0. The van der Waals surface area contributed by atoms with Crippen LogP contribution in [0.1, 0.15) is 36.9 Å². The van der Waals surface area contributed by atoms with Crippen LogP contribution in [0.2, 0.25) is 0 Å². The molecule has 2 heterocycles. The third kappa shape index (κ3) is 3.15. The number of aromatic nitrogens is 1. The molecule has 5 nitrogen and oxygen atoms in total. The Kier molecular flexibility index (Phi) is 3.78. The second kappa shape index (κ2) is 5.72. The van der Waals surface area contributed by atoms with E-state index < -0.39 is 0 Å². The molecule has 1 atom stereocenters. The Morgan fingerprint density at radius 1 is 1.43 bits per heavy atom. The SMILES string of the molecule is Cc1ccc(C#N)c(N2CCCC(C(=O)NC3CC3)C2)n1. The number of aryl methyl sites for hydroxylation is 1. The Labute approximate surface area is 125 Å². The second-order valence-electron chi connectivity index (χ2n) is 6.00. The van der Waals surface area contributed by atoms with E-state index in [1.54, 1.807) is 0 Å². The van der Waals surface area contributed by atoms with Crippen LogP contribution >= 0.6 is 0 Å². The first-order valence-corrected chi connectivity index (χ1v) is 7.60. The lowest BCUT2D eigenvalue weighted by Gasteiger charge is -2.33. The van der Waals surface area contributed by atoms with Crippen molar-refractivity contribution < 1.29 is 4.79 Å². The van der Waals surface area contributed by atoms with Gasteiger partial charge in [0.25, 0.3) is 0 Å². The van der Waals surface area contributed by atoms with E-state index in [-0.39, 0.29) is 11.8 Å². The number of nitrogens with zero attached hydrogens (tertiary/aromatic N) is 3. The molecular formula is C16H20N4O. The average Bonchev–Trinajstić information content (AvgIpc) is 3.31. The van der Waals surface area contributed by atoms with Crippen molar-refractivity contribution in [1.29, 1.82) is 5.26 Å². The zero-order valence-corrected chi connectivity index (χ0v) is 12.3. The van der Waals surface area contributed by atoms with Crippen molar-refractivity contribution in [2.45, 2.75) is 38.6 Å². The molecule has 5 heteroatoms. The number of carbonyl (C=O) groups excluding carboxylic acids is 1. The van der Waals surface area contributed by atoms with Crippen LogP contribution in [-0.4, -0.2) is 30.0 Å². The minimum Gasteiger partial charge on any atom is -0.355 e. The molecule has 1 aromatic heterocycles. The fourth-order valence-electron chi connectivity index (χ4n) is 2.80. The number of amides is 1. The van der Waals surface area contributed by atoms with Crippen LogP contribution in [0, 0.1) is 24.2 Å². The van der Waals surface area contributed by atoms with Crippen molar-refractivity contribution in [2.75, 3.05) is 18.0 Å².